The summed E-state index contributed by atoms with van der Waals surface area (Å²) in [5.74, 6) is 0. The van der Waals surface area contributed by atoms with Gasteiger partial charge in [0.05, 0.1) is 6.00 Å². The van der Waals surface area contributed by atoms with Gasteiger partial charge in [0.25, 0.3) is 0 Å². The smallest absolute Gasteiger partial charge is 0.195 e. The second-order valence-corrected chi connectivity index (χ2v) is 5.90. The fourth-order valence-corrected chi connectivity index (χ4v) is 2.59. The molecule has 0 aliphatic rings. The van der Waals surface area contributed by atoms with Crippen LogP contribution in [0.4, 0.5) is 0 Å². The second kappa shape index (κ2) is 7.74. The van der Waals surface area contributed by atoms with Crippen molar-refractivity contribution in [3.63, 3.8) is 0 Å². The fourth-order valence-electron chi connectivity index (χ4n) is 1.12. The van der Waals surface area contributed by atoms with E-state index in [4.69, 9.17) is 22.3 Å². The highest BCUT2D eigenvalue weighted by Gasteiger charge is 2.16. The van der Waals surface area contributed by atoms with Crippen LogP contribution in [-0.2, 0) is 9.24 Å². The van der Waals surface area contributed by atoms with Gasteiger partial charge >= 0.3 is 9.24 Å². The van der Waals surface area contributed by atoms with Crippen molar-refractivity contribution in [2.75, 3.05) is 12.5 Å². The zero-order valence-corrected chi connectivity index (χ0v) is 10.7. The summed E-state index contributed by atoms with van der Waals surface area (Å²) in [5, 5.41) is 0. The van der Waals surface area contributed by atoms with E-state index in [1.54, 1.807) is 0 Å². The highest BCUT2D eigenvalue weighted by molar-refractivity contribution is 8.11. The number of halogens is 2. The van der Waals surface area contributed by atoms with Crippen molar-refractivity contribution in [2.24, 2.45) is 0 Å². The first kappa shape index (κ1) is 14.5. The van der Waals surface area contributed by atoms with Crippen LogP contribution >= 0.6 is 22.3 Å². The van der Waals surface area contributed by atoms with Gasteiger partial charge in [0.2, 0.25) is 0 Å². The molecule has 0 radical (unpaired) electrons. The van der Waals surface area contributed by atoms with Crippen LogP contribution in [0.1, 0.15) is 39.0 Å². The molecule has 0 N–H and O–H groups in total. The Morgan fingerprint density at radius 2 is 1.71 bits per heavy atom. The summed E-state index contributed by atoms with van der Waals surface area (Å²) in [6, 6.07) is -0.0698. The lowest BCUT2D eigenvalue weighted by molar-refractivity contribution is 0.448. The molecular formula is C8H17Cl2NO2S. The lowest BCUT2D eigenvalue weighted by Gasteiger charge is -2.14. The molecule has 3 nitrogen and oxygen atoms in total. The van der Waals surface area contributed by atoms with Crippen LogP contribution in [0.25, 0.3) is 0 Å². The summed E-state index contributed by atoms with van der Waals surface area (Å²) in [7, 11) is 1.52. The van der Waals surface area contributed by atoms with Gasteiger partial charge in [0.1, 0.15) is 0 Å². The van der Waals surface area contributed by atoms with Crippen molar-refractivity contribution in [1.82, 2.24) is 4.31 Å². The molecule has 0 saturated heterocycles. The van der Waals surface area contributed by atoms with Crippen LogP contribution in [0.2, 0.25) is 0 Å². The Kier molecular flexibility index (Phi) is 8.01. The van der Waals surface area contributed by atoms with Gasteiger partial charge in [0.15, 0.2) is 0 Å². The number of alkyl halides is 1. The van der Waals surface area contributed by atoms with Crippen LogP contribution in [0.15, 0.2) is 0 Å². The van der Waals surface area contributed by atoms with Gasteiger partial charge in [-0.05, 0) is 6.42 Å². The van der Waals surface area contributed by atoms with E-state index in [2.05, 4.69) is 6.92 Å². The second-order valence-electron chi connectivity index (χ2n) is 3.15. The highest BCUT2D eigenvalue weighted by Crippen LogP contribution is 2.10. The summed E-state index contributed by atoms with van der Waals surface area (Å²) in [4.78, 5) is 0. The van der Waals surface area contributed by atoms with E-state index in [-0.39, 0.29) is 6.00 Å². The Bertz CT molecular complexity index is 231. The molecule has 0 spiro atoms. The molecule has 0 aromatic rings. The van der Waals surface area contributed by atoms with E-state index >= 15 is 0 Å². The van der Waals surface area contributed by atoms with E-state index in [0.717, 1.165) is 23.6 Å². The molecule has 0 aliphatic carbocycles. The van der Waals surface area contributed by atoms with E-state index in [9.17, 15) is 8.42 Å². The minimum atomic E-state index is -3.63. The lowest BCUT2D eigenvalue weighted by atomic mass is 10.1. The lowest BCUT2D eigenvalue weighted by Crippen LogP contribution is -2.26. The average Bonchev–Trinajstić information content (AvgIpc) is 2.09. The maximum atomic E-state index is 10.9. The van der Waals surface area contributed by atoms with Crippen molar-refractivity contribution in [3.05, 3.63) is 0 Å². The summed E-state index contributed by atoms with van der Waals surface area (Å²) in [6.45, 7) is 2.55. The minimum Gasteiger partial charge on any atom is -0.195 e. The Balaban J connectivity index is 3.65. The SMILES string of the molecule is CCCCCCCN(CCl)S(=O)(=O)Cl. The van der Waals surface area contributed by atoms with Gasteiger partial charge in [-0.3, -0.25) is 0 Å². The van der Waals surface area contributed by atoms with Gasteiger partial charge in [-0.15, -0.1) is 11.6 Å². The van der Waals surface area contributed by atoms with Crippen molar-refractivity contribution in [2.45, 2.75) is 39.0 Å². The third-order valence-corrected chi connectivity index (χ3v) is 3.90. The molecule has 0 amide bonds. The Labute approximate surface area is 95.9 Å². The van der Waals surface area contributed by atoms with Crippen LogP contribution in [0.3, 0.4) is 0 Å². The van der Waals surface area contributed by atoms with Crippen molar-refractivity contribution in [3.8, 4) is 0 Å². The van der Waals surface area contributed by atoms with E-state index in [1.807, 2.05) is 0 Å². The largest absolute Gasteiger partial charge is 0.300 e. The van der Waals surface area contributed by atoms with Crippen LogP contribution in [0.5, 0.6) is 0 Å². The number of hydrogen-bond acceptors (Lipinski definition) is 2. The first-order valence-corrected chi connectivity index (χ1v) is 7.58. The monoisotopic (exact) mass is 261 g/mol. The molecule has 6 heteroatoms. The van der Waals surface area contributed by atoms with Crippen LogP contribution in [0, 0.1) is 0 Å². The maximum absolute atomic E-state index is 10.9. The quantitative estimate of drug-likeness (QED) is 0.292. The normalized spacial score (nSPS) is 12.3. The molecule has 0 atom stereocenters. The van der Waals surface area contributed by atoms with Gasteiger partial charge in [0, 0.05) is 17.2 Å². The zero-order valence-electron chi connectivity index (χ0n) is 8.38. The van der Waals surface area contributed by atoms with E-state index in [1.165, 1.54) is 12.8 Å². The Hall–Kier alpha value is 0.490. The summed E-state index contributed by atoms with van der Waals surface area (Å²) >= 11 is 5.45. The van der Waals surface area contributed by atoms with Crippen molar-refractivity contribution < 1.29 is 8.42 Å². The number of hydrogen-bond donors (Lipinski definition) is 0. The predicted molar refractivity (Wildman–Crippen MR) is 61.0 cm³/mol. The molecule has 86 valence electrons. The Morgan fingerprint density at radius 3 is 2.14 bits per heavy atom. The Morgan fingerprint density at radius 1 is 1.14 bits per heavy atom. The molecule has 0 bridgehead atoms. The fraction of sp³-hybridized carbons (Fsp3) is 1.00. The van der Waals surface area contributed by atoms with Gasteiger partial charge in [-0.1, -0.05) is 32.6 Å². The zero-order chi connectivity index (χ0) is 11.0. The molecule has 0 rings (SSSR count). The molecule has 0 fully saturated rings. The van der Waals surface area contributed by atoms with Crippen LogP contribution < -0.4 is 0 Å². The molecular weight excluding hydrogens is 245 g/mol. The van der Waals surface area contributed by atoms with Gasteiger partial charge in [-0.25, -0.2) is 0 Å². The molecule has 0 unspecified atom stereocenters. The third kappa shape index (κ3) is 6.87. The highest BCUT2D eigenvalue weighted by atomic mass is 35.7. The van der Waals surface area contributed by atoms with Crippen LogP contribution in [-0.4, -0.2) is 25.3 Å². The average molecular weight is 262 g/mol. The maximum Gasteiger partial charge on any atom is 0.300 e. The number of rotatable bonds is 8. The first-order valence-electron chi connectivity index (χ1n) is 4.78. The number of unbranched alkanes of at least 4 members (excludes halogenated alkanes) is 4. The molecule has 0 aromatic heterocycles. The topological polar surface area (TPSA) is 37.4 Å². The minimum absolute atomic E-state index is 0.0698. The summed E-state index contributed by atoms with van der Waals surface area (Å²) in [6.07, 6.45) is 5.34. The molecule has 0 saturated carbocycles. The van der Waals surface area contributed by atoms with Gasteiger partial charge in [-0.2, -0.15) is 12.7 Å². The van der Waals surface area contributed by atoms with E-state index < -0.39 is 9.24 Å². The molecule has 14 heavy (non-hydrogen) atoms. The molecule has 0 heterocycles. The van der Waals surface area contributed by atoms with Crippen molar-refractivity contribution >= 4 is 31.5 Å². The first-order chi connectivity index (χ1) is 6.52. The summed E-state index contributed by atoms with van der Waals surface area (Å²) < 4.78 is 22.9. The standard InChI is InChI=1S/C8H17Cl2NO2S/c1-2-3-4-5-6-7-11(8-9)14(10,12)13/h2-8H2,1H3. The third-order valence-electron chi connectivity index (χ3n) is 1.95. The molecule has 0 aliphatic heterocycles. The van der Waals surface area contributed by atoms with Gasteiger partial charge < -0.3 is 0 Å². The number of nitrogens with zero attached hydrogens (tertiary/aromatic N) is 1. The molecule has 0 aromatic carbocycles. The summed E-state index contributed by atoms with van der Waals surface area (Å²) in [5.41, 5.74) is 0. The van der Waals surface area contributed by atoms with Crippen molar-refractivity contribution in [1.29, 1.82) is 0 Å². The predicted octanol–water partition coefficient (Wildman–Crippen LogP) is 2.94. The van der Waals surface area contributed by atoms with E-state index in [0.29, 0.717) is 6.54 Å².